The third kappa shape index (κ3) is 3.65. The summed E-state index contributed by atoms with van der Waals surface area (Å²) in [5.41, 5.74) is 2.26. The Morgan fingerprint density at radius 1 is 1.15 bits per heavy atom. The molecule has 0 radical (unpaired) electrons. The van der Waals surface area contributed by atoms with Gasteiger partial charge in [0.25, 0.3) is 0 Å². The van der Waals surface area contributed by atoms with Crippen LogP contribution < -0.4 is 0 Å². The summed E-state index contributed by atoms with van der Waals surface area (Å²) in [5, 5.41) is 29.0. The van der Waals surface area contributed by atoms with Crippen LogP contribution in [0.2, 0.25) is 5.02 Å². The van der Waals surface area contributed by atoms with E-state index >= 15 is 0 Å². The van der Waals surface area contributed by atoms with Crippen molar-refractivity contribution >= 4 is 28.6 Å². The number of benzene rings is 2. The second-order valence-corrected chi connectivity index (χ2v) is 7.74. The van der Waals surface area contributed by atoms with Crippen LogP contribution in [0.4, 0.5) is 0 Å². The number of phenols is 1. The number of aromatic nitrogens is 3. The molecule has 0 spiro atoms. The molecule has 3 rings (SSSR count). The van der Waals surface area contributed by atoms with Gasteiger partial charge in [-0.1, -0.05) is 44.5 Å². The standard InChI is InChI=1S/C19H20ClN3O3/c1-19(2,3)14-8-11(4-7-17(14)24)13(18(25)26)10-23-21-15-6-5-12(20)9-16(15)22-23/h4-9,13,24H,10H2,1-3H3,(H,25,26). The van der Waals surface area contributed by atoms with E-state index in [4.69, 9.17) is 11.6 Å². The molecule has 1 aromatic heterocycles. The molecular weight excluding hydrogens is 354 g/mol. The number of aliphatic carboxylic acids is 1. The van der Waals surface area contributed by atoms with Crippen molar-refractivity contribution in [1.29, 1.82) is 0 Å². The molecule has 6 nitrogen and oxygen atoms in total. The van der Waals surface area contributed by atoms with Gasteiger partial charge in [0.15, 0.2) is 0 Å². The number of carboxylic acids is 1. The van der Waals surface area contributed by atoms with Crippen molar-refractivity contribution in [3.63, 3.8) is 0 Å². The van der Waals surface area contributed by atoms with Crippen LogP contribution in [0.25, 0.3) is 11.0 Å². The Morgan fingerprint density at radius 2 is 1.85 bits per heavy atom. The Kier molecular flexibility index (Phi) is 4.63. The lowest BCUT2D eigenvalue weighted by Crippen LogP contribution is -2.21. The minimum absolute atomic E-state index is 0.0794. The van der Waals surface area contributed by atoms with Crippen molar-refractivity contribution in [2.24, 2.45) is 0 Å². The van der Waals surface area contributed by atoms with Gasteiger partial charge in [0.05, 0.1) is 6.54 Å². The number of aromatic hydroxyl groups is 1. The molecular formula is C19H20ClN3O3. The second kappa shape index (κ2) is 6.61. The lowest BCUT2D eigenvalue weighted by atomic mass is 9.83. The molecule has 1 atom stereocenters. The predicted molar refractivity (Wildman–Crippen MR) is 99.7 cm³/mol. The highest BCUT2D eigenvalue weighted by Crippen LogP contribution is 2.33. The van der Waals surface area contributed by atoms with Gasteiger partial charge in [-0.3, -0.25) is 4.79 Å². The SMILES string of the molecule is CC(C)(C)c1cc(C(Cn2nc3ccc(Cl)cc3n2)C(=O)O)ccc1O. The lowest BCUT2D eigenvalue weighted by molar-refractivity contribution is -0.139. The van der Waals surface area contributed by atoms with Crippen molar-refractivity contribution in [2.45, 2.75) is 38.6 Å². The van der Waals surface area contributed by atoms with Crippen molar-refractivity contribution in [3.8, 4) is 5.75 Å². The van der Waals surface area contributed by atoms with E-state index in [9.17, 15) is 15.0 Å². The van der Waals surface area contributed by atoms with Gasteiger partial charge in [-0.05, 0) is 40.8 Å². The maximum atomic E-state index is 11.9. The monoisotopic (exact) mass is 373 g/mol. The quantitative estimate of drug-likeness (QED) is 0.722. The third-order valence-corrected chi connectivity index (χ3v) is 4.49. The topological polar surface area (TPSA) is 88.2 Å². The molecule has 2 N–H and O–H groups in total. The first-order valence-electron chi connectivity index (χ1n) is 8.22. The van der Waals surface area contributed by atoms with Crippen LogP contribution in [0.3, 0.4) is 0 Å². The average Bonchev–Trinajstić information content (AvgIpc) is 2.93. The molecule has 1 heterocycles. The number of carbonyl (C=O) groups is 1. The number of hydrogen-bond donors (Lipinski definition) is 2. The molecule has 136 valence electrons. The number of halogens is 1. The highest BCUT2D eigenvalue weighted by atomic mass is 35.5. The Hall–Kier alpha value is -2.60. The number of hydrogen-bond acceptors (Lipinski definition) is 4. The summed E-state index contributed by atoms with van der Waals surface area (Å²) < 4.78 is 0. The summed E-state index contributed by atoms with van der Waals surface area (Å²) in [6.45, 7) is 5.98. The third-order valence-electron chi connectivity index (χ3n) is 4.26. The molecule has 0 aliphatic heterocycles. The number of rotatable bonds is 4. The van der Waals surface area contributed by atoms with E-state index in [1.54, 1.807) is 36.4 Å². The maximum absolute atomic E-state index is 11.9. The zero-order chi connectivity index (χ0) is 19.1. The Balaban J connectivity index is 1.98. The summed E-state index contributed by atoms with van der Waals surface area (Å²) >= 11 is 5.96. The van der Waals surface area contributed by atoms with Crippen molar-refractivity contribution in [1.82, 2.24) is 15.0 Å². The van der Waals surface area contributed by atoms with Crippen LogP contribution in [0.5, 0.6) is 5.75 Å². The van der Waals surface area contributed by atoms with Crippen LogP contribution in [-0.4, -0.2) is 31.2 Å². The fourth-order valence-corrected chi connectivity index (χ4v) is 3.04. The van der Waals surface area contributed by atoms with Gasteiger partial charge in [0.2, 0.25) is 0 Å². The van der Waals surface area contributed by atoms with E-state index < -0.39 is 11.9 Å². The van der Waals surface area contributed by atoms with Gasteiger partial charge in [-0.2, -0.15) is 15.0 Å². The molecule has 0 saturated heterocycles. The smallest absolute Gasteiger partial charge is 0.312 e. The van der Waals surface area contributed by atoms with Crippen LogP contribution in [0.1, 0.15) is 37.8 Å². The first-order valence-corrected chi connectivity index (χ1v) is 8.59. The second-order valence-electron chi connectivity index (χ2n) is 7.31. The lowest BCUT2D eigenvalue weighted by Gasteiger charge is -2.22. The number of carboxylic acid groups (broad SMARTS) is 1. The zero-order valence-corrected chi connectivity index (χ0v) is 15.5. The molecule has 0 saturated carbocycles. The predicted octanol–water partition coefficient (Wildman–Crippen LogP) is 3.96. The fraction of sp³-hybridized carbons (Fsp3) is 0.316. The van der Waals surface area contributed by atoms with E-state index in [2.05, 4.69) is 10.2 Å². The minimum Gasteiger partial charge on any atom is -0.508 e. The van der Waals surface area contributed by atoms with Crippen molar-refractivity contribution in [3.05, 3.63) is 52.5 Å². The van der Waals surface area contributed by atoms with E-state index in [0.717, 1.165) is 0 Å². The fourth-order valence-electron chi connectivity index (χ4n) is 2.87. The van der Waals surface area contributed by atoms with E-state index in [-0.39, 0.29) is 17.7 Å². The molecule has 26 heavy (non-hydrogen) atoms. The van der Waals surface area contributed by atoms with Crippen LogP contribution in [0.15, 0.2) is 36.4 Å². The van der Waals surface area contributed by atoms with Crippen LogP contribution >= 0.6 is 11.6 Å². The first kappa shape index (κ1) is 18.2. The summed E-state index contributed by atoms with van der Waals surface area (Å²) in [6, 6.07) is 10.1. The van der Waals surface area contributed by atoms with Gasteiger partial charge in [-0.25, -0.2) is 0 Å². The van der Waals surface area contributed by atoms with Gasteiger partial charge in [0.1, 0.15) is 22.7 Å². The van der Waals surface area contributed by atoms with Crippen molar-refractivity contribution in [2.75, 3.05) is 0 Å². The van der Waals surface area contributed by atoms with Gasteiger partial charge < -0.3 is 10.2 Å². The normalized spacial score (nSPS) is 13.1. The van der Waals surface area contributed by atoms with Crippen LogP contribution in [0, 0.1) is 0 Å². The highest BCUT2D eigenvalue weighted by molar-refractivity contribution is 6.31. The molecule has 0 bridgehead atoms. The highest BCUT2D eigenvalue weighted by Gasteiger charge is 2.25. The van der Waals surface area contributed by atoms with Gasteiger partial charge >= 0.3 is 5.97 Å². The molecule has 0 amide bonds. The molecule has 0 aliphatic carbocycles. The van der Waals surface area contributed by atoms with Crippen molar-refractivity contribution < 1.29 is 15.0 Å². The molecule has 2 aromatic carbocycles. The molecule has 1 unspecified atom stereocenters. The Morgan fingerprint density at radius 3 is 2.50 bits per heavy atom. The van der Waals surface area contributed by atoms with E-state index in [1.807, 2.05) is 20.8 Å². The Bertz CT molecular complexity index is 976. The largest absolute Gasteiger partial charge is 0.508 e. The average molecular weight is 374 g/mol. The molecule has 0 fully saturated rings. The summed E-state index contributed by atoms with van der Waals surface area (Å²) in [4.78, 5) is 13.2. The molecule has 3 aromatic rings. The minimum atomic E-state index is -0.977. The summed E-state index contributed by atoms with van der Waals surface area (Å²) in [7, 11) is 0. The van der Waals surface area contributed by atoms with Gasteiger partial charge in [-0.15, -0.1) is 0 Å². The van der Waals surface area contributed by atoms with E-state index in [0.29, 0.717) is 27.2 Å². The van der Waals surface area contributed by atoms with Gasteiger partial charge in [0, 0.05) is 5.02 Å². The molecule has 0 aliphatic rings. The van der Waals surface area contributed by atoms with E-state index in [1.165, 1.54) is 4.80 Å². The number of nitrogens with zero attached hydrogens (tertiary/aromatic N) is 3. The summed E-state index contributed by atoms with van der Waals surface area (Å²) in [6.07, 6.45) is 0. The number of fused-ring (bicyclic) bond motifs is 1. The summed E-state index contributed by atoms with van der Waals surface area (Å²) in [5.74, 6) is -1.66. The number of phenolic OH excluding ortho intramolecular Hbond substituents is 1. The Labute approximate surface area is 156 Å². The molecule has 7 heteroatoms. The zero-order valence-electron chi connectivity index (χ0n) is 14.8. The maximum Gasteiger partial charge on any atom is 0.312 e. The van der Waals surface area contributed by atoms with Crippen LogP contribution in [-0.2, 0) is 16.8 Å². The first-order chi connectivity index (χ1) is 12.1.